The molecule has 0 aromatic rings. The number of halogens is 2. The second kappa shape index (κ2) is 6.17. The molecule has 0 aromatic heterocycles. The Morgan fingerprint density at radius 3 is 2.50 bits per heavy atom. The third kappa shape index (κ3) is 4.49. The van der Waals surface area contributed by atoms with E-state index in [0.29, 0.717) is 5.03 Å². The number of hydrogen-bond acceptors (Lipinski definition) is 0. The molecule has 0 aliphatic rings. The van der Waals surface area contributed by atoms with E-state index in [1.54, 1.807) is 0 Å². The van der Waals surface area contributed by atoms with Gasteiger partial charge in [0.2, 0.25) is 0 Å². The quantitative estimate of drug-likeness (QED) is 0.479. The van der Waals surface area contributed by atoms with E-state index in [1.807, 2.05) is 13.0 Å². The minimum atomic E-state index is 0.270. The van der Waals surface area contributed by atoms with Crippen molar-refractivity contribution in [1.29, 1.82) is 0 Å². The van der Waals surface area contributed by atoms with Crippen molar-refractivity contribution in [3.8, 4) is 12.3 Å². The first-order valence-electron chi connectivity index (χ1n) is 3.80. The Bertz CT molecular complexity index is 241. The van der Waals surface area contributed by atoms with Gasteiger partial charge >= 0.3 is 0 Å². The average Bonchev–Trinajstić information content (AvgIpc) is 2.03. The number of hydrogen-bond donors (Lipinski definition) is 0. The summed E-state index contributed by atoms with van der Waals surface area (Å²) >= 11 is 11.4. The molecule has 0 spiro atoms. The molecule has 0 nitrogen and oxygen atoms in total. The van der Waals surface area contributed by atoms with Crippen molar-refractivity contribution in [2.45, 2.75) is 26.7 Å². The van der Waals surface area contributed by atoms with Crippen molar-refractivity contribution in [2.24, 2.45) is 0 Å². The third-order valence-electron chi connectivity index (χ3n) is 1.35. The van der Waals surface area contributed by atoms with Crippen molar-refractivity contribution in [3.05, 3.63) is 21.7 Å². The molecular formula is C10H12Cl2. The Kier molecular flexibility index (Phi) is 5.98. The molecule has 12 heavy (non-hydrogen) atoms. The fraction of sp³-hybridized carbons (Fsp3) is 0.400. The monoisotopic (exact) mass is 202 g/mol. The third-order valence-corrected chi connectivity index (χ3v) is 2.06. The molecule has 0 aromatic carbocycles. The molecule has 0 N–H and O–H groups in total. The maximum absolute atomic E-state index is 5.79. The van der Waals surface area contributed by atoms with Gasteiger partial charge in [-0.2, -0.15) is 0 Å². The lowest BCUT2D eigenvalue weighted by Crippen LogP contribution is -1.77. The topological polar surface area (TPSA) is 0 Å². The predicted octanol–water partition coefficient (Wildman–Crippen LogP) is 4.06. The van der Waals surface area contributed by atoms with Gasteiger partial charge in [-0.25, -0.2) is 0 Å². The highest BCUT2D eigenvalue weighted by molar-refractivity contribution is 6.41. The number of rotatable bonds is 3. The highest BCUT2D eigenvalue weighted by Crippen LogP contribution is 2.17. The molecule has 0 bridgehead atoms. The van der Waals surface area contributed by atoms with E-state index in [2.05, 4.69) is 12.8 Å². The van der Waals surface area contributed by atoms with Crippen LogP contribution in [0, 0.1) is 12.3 Å². The molecule has 0 radical (unpaired) electrons. The van der Waals surface area contributed by atoms with Crippen LogP contribution >= 0.6 is 23.2 Å². The maximum atomic E-state index is 5.79. The van der Waals surface area contributed by atoms with Gasteiger partial charge in [-0.1, -0.05) is 48.0 Å². The van der Waals surface area contributed by atoms with Crippen LogP contribution in [0.15, 0.2) is 21.7 Å². The molecule has 2 heteroatoms. The van der Waals surface area contributed by atoms with Crippen LogP contribution in [0.1, 0.15) is 26.7 Å². The molecular weight excluding hydrogens is 191 g/mol. The highest BCUT2D eigenvalue weighted by atomic mass is 35.5. The van der Waals surface area contributed by atoms with Crippen LogP contribution in [-0.4, -0.2) is 0 Å². The SMILES string of the molecule is C#C/C(Cl)=C(Cl)\C=C(/C)CCC. The lowest BCUT2D eigenvalue weighted by molar-refractivity contribution is 0.905. The Labute approximate surface area is 84.3 Å². The molecule has 0 heterocycles. The van der Waals surface area contributed by atoms with Gasteiger partial charge in [0.15, 0.2) is 0 Å². The predicted molar refractivity (Wildman–Crippen MR) is 56.2 cm³/mol. The molecule has 0 saturated carbocycles. The fourth-order valence-corrected chi connectivity index (χ4v) is 1.11. The Hall–Kier alpha value is -0.380. The molecule has 0 aliphatic carbocycles. The standard InChI is InChI=1S/C10H12Cl2/c1-4-6-8(3)7-10(12)9(11)5-2/h2,7H,4,6H2,1,3H3/b8-7+,10-9-. The number of allylic oxidation sites excluding steroid dienone is 4. The zero-order valence-corrected chi connectivity index (χ0v) is 8.84. The van der Waals surface area contributed by atoms with Crippen molar-refractivity contribution in [2.75, 3.05) is 0 Å². The van der Waals surface area contributed by atoms with Crippen molar-refractivity contribution in [3.63, 3.8) is 0 Å². The maximum Gasteiger partial charge on any atom is 0.109 e. The van der Waals surface area contributed by atoms with Gasteiger partial charge in [0.1, 0.15) is 5.03 Å². The molecule has 0 fully saturated rings. The minimum Gasteiger partial charge on any atom is -0.114 e. The van der Waals surface area contributed by atoms with E-state index in [-0.39, 0.29) is 5.03 Å². The summed E-state index contributed by atoms with van der Waals surface area (Å²) in [6.07, 6.45) is 9.00. The molecule has 66 valence electrons. The van der Waals surface area contributed by atoms with Gasteiger partial charge in [-0.05, 0) is 19.4 Å². The fourth-order valence-electron chi connectivity index (χ4n) is 0.815. The van der Waals surface area contributed by atoms with Crippen LogP contribution in [0.25, 0.3) is 0 Å². The summed E-state index contributed by atoms with van der Waals surface area (Å²) in [6.45, 7) is 4.12. The van der Waals surface area contributed by atoms with E-state index < -0.39 is 0 Å². The summed E-state index contributed by atoms with van der Waals surface area (Å²) in [5.41, 5.74) is 1.19. The van der Waals surface area contributed by atoms with Gasteiger partial charge in [0.05, 0.1) is 5.03 Å². The summed E-state index contributed by atoms with van der Waals surface area (Å²) in [5.74, 6) is 2.28. The normalized spacial score (nSPS) is 13.8. The Balaban J connectivity index is 4.44. The van der Waals surface area contributed by atoms with Crippen LogP contribution in [0.5, 0.6) is 0 Å². The zero-order valence-electron chi connectivity index (χ0n) is 7.32. The van der Waals surface area contributed by atoms with Crippen LogP contribution in [-0.2, 0) is 0 Å². The average molecular weight is 203 g/mol. The molecule has 0 amide bonds. The second-order valence-electron chi connectivity index (χ2n) is 2.55. The van der Waals surface area contributed by atoms with Crippen molar-refractivity contribution >= 4 is 23.2 Å². The van der Waals surface area contributed by atoms with E-state index in [4.69, 9.17) is 29.6 Å². The number of terminal acetylenes is 1. The Morgan fingerprint density at radius 2 is 2.08 bits per heavy atom. The summed E-state index contributed by atoms with van der Waals surface area (Å²) in [5, 5.41) is 0.720. The molecule has 0 rings (SSSR count). The van der Waals surface area contributed by atoms with Crippen molar-refractivity contribution < 1.29 is 0 Å². The van der Waals surface area contributed by atoms with Crippen LogP contribution in [0.3, 0.4) is 0 Å². The second-order valence-corrected chi connectivity index (χ2v) is 3.33. The van der Waals surface area contributed by atoms with Gasteiger partial charge < -0.3 is 0 Å². The van der Waals surface area contributed by atoms with Gasteiger partial charge in [0.25, 0.3) is 0 Å². The largest absolute Gasteiger partial charge is 0.114 e. The van der Waals surface area contributed by atoms with Gasteiger partial charge in [0, 0.05) is 0 Å². The lowest BCUT2D eigenvalue weighted by Gasteiger charge is -1.96. The van der Waals surface area contributed by atoms with E-state index >= 15 is 0 Å². The van der Waals surface area contributed by atoms with Gasteiger partial charge in [-0.3, -0.25) is 0 Å². The minimum absolute atomic E-state index is 0.270. The van der Waals surface area contributed by atoms with Crippen molar-refractivity contribution in [1.82, 2.24) is 0 Å². The summed E-state index contributed by atoms with van der Waals surface area (Å²) in [6, 6.07) is 0. The first kappa shape index (κ1) is 11.6. The summed E-state index contributed by atoms with van der Waals surface area (Å²) in [7, 11) is 0. The molecule has 0 aliphatic heterocycles. The highest BCUT2D eigenvalue weighted by Gasteiger charge is 1.95. The molecule has 0 unspecified atom stereocenters. The van der Waals surface area contributed by atoms with E-state index in [9.17, 15) is 0 Å². The van der Waals surface area contributed by atoms with E-state index in [0.717, 1.165) is 12.8 Å². The lowest BCUT2D eigenvalue weighted by atomic mass is 10.1. The summed E-state index contributed by atoms with van der Waals surface area (Å²) in [4.78, 5) is 0. The van der Waals surface area contributed by atoms with Crippen LogP contribution < -0.4 is 0 Å². The van der Waals surface area contributed by atoms with E-state index in [1.165, 1.54) is 5.57 Å². The van der Waals surface area contributed by atoms with Crippen LogP contribution in [0.4, 0.5) is 0 Å². The first-order chi connectivity index (χ1) is 5.61. The smallest absolute Gasteiger partial charge is 0.109 e. The zero-order chi connectivity index (χ0) is 9.56. The molecule has 0 saturated heterocycles. The first-order valence-corrected chi connectivity index (χ1v) is 4.56. The Morgan fingerprint density at radius 1 is 1.50 bits per heavy atom. The van der Waals surface area contributed by atoms with Gasteiger partial charge in [-0.15, -0.1) is 6.42 Å². The summed E-state index contributed by atoms with van der Waals surface area (Å²) < 4.78 is 0. The molecule has 0 atom stereocenters. The van der Waals surface area contributed by atoms with Crippen LogP contribution in [0.2, 0.25) is 0 Å².